The Balaban J connectivity index is 2.82. The molecule has 0 spiro atoms. The molecule has 2 atom stereocenters. The molecule has 1 aliphatic rings. The summed E-state index contributed by atoms with van der Waals surface area (Å²) in [7, 11) is -2.98. The van der Waals surface area contributed by atoms with Crippen molar-refractivity contribution >= 4 is 7.60 Å². The topological polar surface area (TPSA) is 57.5 Å². The van der Waals surface area contributed by atoms with Crippen LogP contribution in [0.1, 0.15) is 34.1 Å². The lowest BCUT2D eigenvalue weighted by Gasteiger charge is -2.24. The van der Waals surface area contributed by atoms with Gasteiger partial charge in [0.05, 0.1) is 13.2 Å². The van der Waals surface area contributed by atoms with Crippen molar-refractivity contribution in [2.75, 3.05) is 13.2 Å². The van der Waals surface area contributed by atoms with E-state index in [0.717, 1.165) is 6.42 Å². The number of hydrogen-bond donors (Lipinski definition) is 1. The molecule has 0 aromatic heterocycles. The minimum absolute atomic E-state index is 0.219. The lowest BCUT2D eigenvalue weighted by atomic mass is 10.3. The SMILES string of the molecule is CCOP(=O)(OCC)[C@]1(CC)N[C@@H]1C. The van der Waals surface area contributed by atoms with E-state index in [4.69, 9.17) is 9.05 Å². The highest BCUT2D eigenvalue weighted by molar-refractivity contribution is 7.56. The van der Waals surface area contributed by atoms with E-state index in [-0.39, 0.29) is 6.04 Å². The lowest BCUT2D eigenvalue weighted by molar-refractivity contribution is 0.207. The quantitative estimate of drug-likeness (QED) is 0.552. The van der Waals surface area contributed by atoms with E-state index in [9.17, 15) is 4.57 Å². The molecule has 1 fully saturated rings. The molecule has 5 heteroatoms. The van der Waals surface area contributed by atoms with Gasteiger partial charge in [0.25, 0.3) is 0 Å². The van der Waals surface area contributed by atoms with Gasteiger partial charge >= 0.3 is 7.60 Å². The monoisotopic (exact) mass is 221 g/mol. The highest BCUT2D eigenvalue weighted by Crippen LogP contribution is 2.67. The first-order chi connectivity index (χ1) is 6.56. The van der Waals surface area contributed by atoms with Crippen molar-refractivity contribution in [3.63, 3.8) is 0 Å². The van der Waals surface area contributed by atoms with Crippen molar-refractivity contribution in [2.45, 2.75) is 45.4 Å². The first kappa shape index (κ1) is 12.2. The van der Waals surface area contributed by atoms with Crippen LogP contribution in [-0.2, 0) is 13.6 Å². The third-order valence-electron chi connectivity index (χ3n) is 2.73. The first-order valence-corrected chi connectivity index (χ1v) is 6.77. The predicted octanol–water partition coefficient (Wildman–Crippen LogP) is 2.35. The van der Waals surface area contributed by atoms with E-state index in [1.807, 2.05) is 27.7 Å². The molecule has 0 unspecified atom stereocenters. The molecule has 4 nitrogen and oxygen atoms in total. The van der Waals surface area contributed by atoms with E-state index in [1.165, 1.54) is 0 Å². The number of rotatable bonds is 6. The summed E-state index contributed by atoms with van der Waals surface area (Å²) in [5, 5.41) is 2.76. The van der Waals surface area contributed by atoms with E-state index >= 15 is 0 Å². The summed E-state index contributed by atoms with van der Waals surface area (Å²) >= 11 is 0. The summed E-state index contributed by atoms with van der Waals surface area (Å²) in [5.74, 6) is 0. The minimum Gasteiger partial charge on any atom is -0.308 e. The molecule has 1 heterocycles. The Bertz CT molecular complexity index is 232. The van der Waals surface area contributed by atoms with Crippen LogP contribution in [0.25, 0.3) is 0 Å². The van der Waals surface area contributed by atoms with Crippen molar-refractivity contribution in [3.05, 3.63) is 0 Å². The second kappa shape index (κ2) is 4.31. The lowest BCUT2D eigenvalue weighted by Crippen LogP contribution is -2.20. The van der Waals surface area contributed by atoms with Crippen molar-refractivity contribution in [1.82, 2.24) is 5.32 Å². The van der Waals surface area contributed by atoms with Crippen LogP contribution in [0.2, 0.25) is 0 Å². The molecule has 1 rings (SSSR count). The maximum absolute atomic E-state index is 12.4. The molecular formula is C9H20NO3P. The van der Waals surface area contributed by atoms with E-state index in [0.29, 0.717) is 13.2 Å². The zero-order valence-electron chi connectivity index (χ0n) is 9.37. The maximum atomic E-state index is 12.4. The third-order valence-corrected chi connectivity index (χ3v) is 5.73. The average Bonchev–Trinajstić information content (AvgIpc) is 2.79. The maximum Gasteiger partial charge on any atom is 0.352 e. The van der Waals surface area contributed by atoms with Gasteiger partial charge in [-0.3, -0.25) is 9.88 Å². The van der Waals surface area contributed by atoms with Crippen LogP contribution in [0.5, 0.6) is 0 Å². The molecule has 0 aliphatic carbocycles. The van der Waals surface area contributed by atoms with Crippen LogP contribution in [0, 0.1) is 0 Å². The second-order valence-electron chi connectivity index (χ2n) is 3.48. The molecule has 14 heavy (non-hydrogen) atoms. The van der Waals surface area contributed by atoms with E-state index in [1.54, 1.807) is 0 Å². The fraction of sp³-hybridized carbons (Fsp3) is 1.00. The summed E-state index contributed by atoms with van der Waals surface area (Å²) in [4.78, 5) is 0. The van der Waals surface area contributed by atoms with Gasteiger partial charge in [0.2, 0.25) is 0 Å². The zero-order chi connectivity index (χ0) is 10.8. The Kier molecular flexibility index (Phi) is 3.75. The molecule has 1 N–H and O–H groups in total. The summed E-state index contributed by atoms with van der Waals surface area (Å²) in [5.41, 5.74) is 0. The number of nitrogens with one attached hydrogen (secondary N) is 1. The summed E-state index contributed by atoms with van der Waals surface area (Å²) in [6.07, 6.45) is 0.769. The normalized spacial score (nSPS) is 31.9. The highest BCUT2D eigenvalue weighted by Gasteiger charge is 2.64. The molecular weight excluding hydrogens is 201 g/mol. The molecule has 1 aliphatic heterocycles. The van der Waals surface area contributed by atoms with Crippen molar-refractivity contribution in [2.24, 2.45) is 0 Å². The fourth-order valence-electron chi connectivity index (χ4n) is 1.86. The van der Waals surface area contributed by atoms with Gasteiger partial charge in [-0.25, -0.2) is 0 Å². The predicted molar refractivity (Wildman–Crippen MR) is 56.5 cm³/mol. The van der Waals surface area contributed by atoms with Gasteiger partial charge in [-0.05, 0) is 27.2 Å². The molecule has 0 radical (unpaired) electrons. The third kappa shape index (κ3) is 1.76. The highest BCUT2D eigenvalue weighted by atomic mass is 31.2. The van der Waals surface area contributed by atoms with Gasteiger partial charge in [0.1, 0.15) is 5.28 Å². The van der Waals surface area contributed by atoms with Crippen LogP contribution in [0.3, 0.4) is 0 Å². The summed E-state index contributed by atoms with van der Waals surface area (Å²) in [6, 6.07) is 0.219. The molecule has 84 valence electrons. The van der Waals surface area contributed by atoms with Crippen LogP contribution in [0.4, 0.5) is 0 Å². The average molecular weight is 221 g/mol. The van der Waals surface area contributed by atoms with Crippen LogP contribution >= 0.6 is 7.60 Å². The Morgan fingerprint density at radius 2 is 1.71 bits per heavy atom. The van der Waals surface area contributed by atoms with Crippen LogP contribution in [-0.4, -0.2) is 24.5 Å². The Morgan fingerprint density at radius 1 is 1.29 bits per heavy atom. The standard InChI is InChI=1S/C9H20NO3P/c1-5-9(8(4)10-9)14(11,12-6-2)13-7-3/h8,10H,5-7H2,1-4H3/t8-,9+/m1/s1. The van der Waals surface area contributed by atoms with Gasteiger partial charge < -0.3 is 9.05 Å². The van der Waals surface area contributed by atoms with Crippen molar-refractivity contribution in [1.29, 1.82) is 0 Å². The molecule has 0 bridgehead atoms. The van der Waals surface area contributed by atoms with Gasteiger partial charge in [0.15, 0.2) is 0 Å². The van der Waals surface area contributed by atoms with Gasteiger partial charge in [-0.1, -0.05) is 6.92 Å². The second-order valence-corrected chi connectivity index (χ2v) is 5.79. The van der Waals surface area contributed by atoms with Gasteiger partial charge in [-0.15, -0.1) is 0 Å². The largest absolute Gasteiger partial charge is 0.352 e. The van der Waals surface area contributed by atoms with Crippen molar-refractivity contribution in [3.8, 4) is 0 Å². The molecule has 0 amide bonds. The molecule has 0 aromatic rings. The van der Waals surface area contributed by atoms with E-state index < -0.39 is 12.9 Å². The fourth-order valence-corrected chi connectivity index (χ4v) is 4.29. The zero-order valence-corrected chi connectivity index (χ0v) is 10.3. The smallest absolute Gasteiger partial charge is 0.308 e. The Morgan fingerprint density at radius 3 is 1.93 bits per heavy atom. The van der Waals surface area contributed by atoms with Crippen LogP contribution in [0.15, 0.2) is 0 Å². The first-order valence-electron chi connectivity index (χ1n) is 5.23. The van der Waals surface area contributed by atoms with Gasteiger partial charge in [0, 0.05) is 6.04 Å². The molecule has 1 saturated heterocycles. The Labute approximate surface area is 85.9 Å². The van der Waals surface area contributed by atoms with Crippen LogP contribution < -0.4 is 5.32 Å². The minimum atomic E-state index is -2.98. The summed E-state index contributed by atoms with van der Waals surface area (Å²) < 4.78 is 23.1. The summed E-state index contributed by atoms with van der Waals surface area (Å²) in [6.45, 7) is 8.53. The van der Waals surface area contributed by atoms with Crippen molar-refractivity contribution < 1.29 is 13.6 Å². The molecule has 0 aromatic carbocycles. The number of hydrogen-bond acceptors (Lipinski definition) is 4. The molecule has 0 saturated carbocycles. The van der Waals surface area contributed by atoms with E-state index in [2.05, 4.69) is 5.32 Å². The van der Waals surface area contributed by atoms with Gasteiger partial charge in [-0.2, -0.15) is 0 Å². The Hall–Kier alpha value is 0.110.